The monoisotopic (exact) mass is 322 g/mol. The second kappa shape index (κ2) is 7.87. The standard InChI is InChI=1S/C21H42N2/c1-20(2,3)13-17-11-19(12-17)23-15-21(4,5)14-16-7-9-18(22-6)10-8-16/h16-19,22-23H,7-15H2,1-6H3. The van der Waals surface area contributed by atoms with E-state index in [1.807, 2.05) is 0 Å². The van der Waals surface area contributed by atoms with Crippen molar-refractivity contribution in [1.82, 2.24) is 10.6 Å². The SMILES string of the molecule is CNC1CCC(CC(C)(C)CNC2CC(CC(C)(C)C)C2)CC1. The fourth-order valence-corrected chi connectivity index (χ4v) is 4.86. The lowest BCUT2D eigenvalue weighted by Gasteiger charge is -2.42. The minimum absolute atomic E-state index is 0.451. The molecule has 2 heteroatoms. The van der Waals surface area contributed by atoms with Gasteiger partial charge in [0.05, 0.1) is 0 Å². The highest BCUT2D eigenvalue weighted by Gasteiger charge is 2.33. The lowest BCUT2D eigenvalue weighted by Crippen LogP contribution is -2.46. The van der Waals surface area contributed by atoms with E-state index in [2.05, 4.69) is 52.3 Å². The van der Waals surface area contributed by atoms with E-state index in [1.165, 1.54) is 57.9 Å². The molecule has 0 spiro atoms. The fourth-order valence-electron chi connectivity index (χ4n) is 4.86. The van der Waals surface area contributed by atoms with Crippen molar-refractivity contribution in [2.75, 3.05) is 13.6 Å². The molecule has 0 unspecified atom stereocenters. The Kier molecular flexibility index (Phi) is 6.58. The van der Waals surface area contributed by atoms with Crippen molar-refractivity contribution in [3.63, 3.8) is 0 Å². The molecule has 2 saturated carbocycles. The second-order valence-corrected chi connectivity index (χ2v) is 10.6. The number of hydrogen-bond acceptors (Lipinski definition) is 2. The van der Waals surface area contributed by atoms with Gasteiger partial charge >= 0.3 is 0 Å². The Labute approximate surface area is 145 Å². The van der Waals surface area contributed by atoms with Crippen LogP contribution in [0.2, 0.25) is 0 Å². The predicted octanol–water partition coefficient (Wildman–Crippen LogP) is 4.99. The van der Waals surface area contributed by atoms with Gasteiger partial charge in [0.15, 0.2) is 0 Å². The molecule has 0 heterocycles. The summed E-state index contributed by atoms with van der Waals surface area (Å²) in [5.41, 5.74) is 0.952. The van der Waals surface area contributed by atoms with E-state index < -0.39 is 0 Å². The largest absolute Gasteiger partial charge is 0.317 e. The highest BCUT2D eigenvalue weighted by atomic mass is 14.9. The van der Waals surface area contributed by atoms with E-state index in [0.29, 0.717) is 10.8 Å². The average Bonchev–Trinajstić information content (AvgIpc) is 2.40. The summed E-state index contributed by atoms with van der Waals surface area (Å²) in [6.45, 7) is 13.3. The smallest absolute Gasteiger partial charge is 0.00725 e. The van der Waals surface area contributed by atoms with Gasteiger partial charge in [0.2, 0.25) is 0 Å². The van der Waals surface area contributed by atoms with Crippen molar-refractivity contribution in [1.29, 1.82) is 0 Å². The Balaban J connectivity index is 1.62. The molecule has 0 bridgehead atoms. The summed E-state index contributed by atoms with van der Waals surface area (Å²) in [6, 6.07) is 1.57. The van der Waals surface area contributed by atoms with E-state index in [4.69, 9.17) is 0 Å². The molecule has 0 atom stereocenters. The Morgan fingerprint density at radius 1 is 0.783 bits per heavy atom. The first kappa shape index (κ1) is 19.2. The van der Waals surface area contributed by atoms with Crippen LogP contribution in [0.3, 0.4) is 0 Å². The summed E-state index contributed by atoms with van der Waals surface area (Å²) in [5, 5.41) is 7.32. The third-order valence-corrected chi connectivity index (χ3v) is 6.10. The van der Waals surface area contributed by atoms with E-state index in [1.54, 1.807) is 0 Å². The number of rotatable bonds is 7. The predicted molar refractivity (Wildman–Crippen MR) is 102 cm³/mol. The minimum atomic E-state index is 0.451. The van der Waals surface area contributed by atoms with Crippen LogP contribution in [0.15, 0.2) is 0 Å². The first-order valence-corrected chi connectivity index (χ1v) is 10.1. The number of hydrogen-bond donors (Lipinski definition) is 2. The van der Waals surface area contributed by atoms with E-state index in [-0.39, 0.29) is 0 Å². The zero-order valence-electron chi connectivity index (χ0n) is 16.7. The van der Waals surface area contributed by atoms with Gasteiger partial charge in [-0.25, -0.2) is 0 Å². The zero-order valence-corrected chi connectivity index (χ0v) is 16.7. The lowest BCUT2D eigenvalue weighted by atomic mass is 9.71. The van der Waals surface area contributed by atoms with Gasteiger partial charge in [-0.15, -0.1) is 0 Å². The molecule has 0 radical (unpaired) electrons. The highest BCUT2D eigenvalue weighted by molar-refractivity contribution is 4.89. The Morgan fingerprint density at radius 2 is 1.39 bits per heavy atom. The van der Waals surface area contributed by atoms with Crippen LogP contribution >= 0.6 is 0 Å². The van der Waals surface area contributed by atoms with Crippen LogP contribution in [0.25, 0.3) is 0 Å². The second-order valence-electron chi connectivity index (χ2n) is 10.6. The average molecular weight is 323 g/mol. The highest BCUT2D eigenvalue weighted by Crippen LogP contribution is 2.38. The summed E-state index contributed by atoms with van der Waals surface area (Å²) in [5.74, 6) is 1.92. The number of nitrogens with one attached hydrogen (secondary N) is 2. The molecule has 0 aromatic carbocycles. The van der Waals surface area contributed by atoms with Gasteiger partial charge in [-0.3, -0.25) is 0 Å². The van der Waals surface area contributed by atoms with Crippen LogP contribution in [-0.4, -0.2) is 25.7 Å². The minimum Gasteiger partial charge on any atom is -0.317 e. The summed E-state index contributed by atoms with van der Waals surface area (Å²) in [6.07, 6.45) is 11.2. The molecule has 2 fully saturated rings. The zero-order chi connectivity index (χ0) is 17.1. The molecular formula is C21H42N2. The molecule has 2 N–H and O–H groups in total. The molecule has 0 aromatic rings. The van der Waals surface area contributed by atoms with Crippen molar-refractivity contribution in [3.8, 4) is 0 Å². The molecule has 23 heavy (non-hydrogen) atoms. The summed E-state index contributed by atoms with van der Waals surface area (Å²) in [7, 11) is 2.12. The van der Waals surface area contributed by atoms with Gasteiger partial charge in [0.1, 0.15) is 0 Å². The van der Waals surface area contributed by atoms with Gasteiger partial charge in [-0.1, -0.05) is 34.6 Å². The van der Waals surface area contributed by atoms with Crippen molar-refractivity contribution in [2.45, 2.75) is 98.1 Å². The molecule has 0 saturated heterocycles. The maximum absolute atomic E-state index is 3.87. The van der Waals surface area contributed by atoms with Gasteiger partial charge in [-0.05, 0) is 81.1 Å². The normalized spacial score (nSPS) is 32.6. The fraction of sp³-hybridized carbons (Fsp3) is 1.00. The van der Waals surface area contributed by atoms with Crippen molar-refractivity contribution >= 4 is 0 Å². The molecule has 0 aliphatic heterocycles. The molecule has 2 rings (SSSR count). The quantitative estimate of drug-likeness (QED) is 0.690. The molecule has 2 nitrogen and oxygen atoms in total. The summed E-state index contributed by atoms with van der Waals surface area (Å²) >= 11 is 0. The Hall–Kier alpha value is -0.0800. The van der Waals surface area contributed by atoms with Gasteiger partial charge in [0, 0.05) is 18.6 Å². The Morgan fingerprint density at radius 3 is 1.91 bits per heavy atom. The van der Waals surface area contributed by atoms with Crippen LogP contribution < -0.4 is 10.6 Å². The third-order valence-electron chi connectivity index (χ3n) is 6.10. The van der Waals surface area contributed by atoms with Crippen LogP contribution in [0.5, 0.6) is 0 Å². The summed E-state index contributed by atoms with van der Waals surface area (Å²) in [4.78, 5) is 0. The molecular weight excluding hydrogens is 280 g/mol. The maximum Gasteiger partial charge on any atom is 0.00725 e. The van der Waals surface area contributed by atoms with Gasteiger partial charge in [0.25, 0.3) is 0 Å². The molecule has 0 amide bonds. The van der Waals surface area contributed by atoms with Crippen molar-refractivity contribution in [3.05, 3.63) is 0 Å². The molecule has 0 aromatic heterocycles. The molecule has 2 aliphatic rings. The van der Waals surface area contributed by atoms with Crippen molar-refractivity contribution in [2.24, 2.45) is 22.7 Å². The van der Waals surface area contributed by atoms with Crippen LogP contribution in [0.1, 0.15) is 86.0 Å². The van der Waals surface area contributed by atoms with Crippen molar-refractivity contribution < 1.29 is 0 Å². The first-order chi connectivity index (χ1) is 10.7. The lowest BCUT2D eigenvalue weighted by molar-refractivity contribution is 0.136. The van der Waals surface area contributed by atoms with E-state index >= 15 is 0 Å². The summed E-state index contributed by atoms with van der Waals surface area (Å²) < 4.78 is 0. The third kappa shape index (κ3) is 6.74. The topological polar surface area (TPSA) is 24.1 Å². The van der Waals surface area contributed by atoms with Gasteiger partial charge < -0.3 is 10.6 Å². The van der Waals surface area contributed by atoms with E-state index in [0.717, 1.165) is 23.9 Å². The molecule has 2 aliphatic carbocycles. The van der Waals surface area contributed by atoms with Crippen LogP contribution in [0, 0.1) is 22.7 Å². The first-order valence-electron chi connectivity index (χ1n) is 10.1. The van der Waals surface area contributed by atoms with E-state index in [9.17, 15) is 0 Å². The van der Waals surface area contributed by atoms with Crippen LogP contribution in [-0.2, 0) is 0 Å². The van der Waals surface area contributed by atoms with Gasteiger partial charge in [-0.2, -0.15) is 0 Å². The molecule has 136 valence electrons. The Bertz CT molecular complexity index is 341. The van der Waals surface area contributed by atoms with Crippen LogP contribution in [0.4, 0.5) is 0 Å². The maximum atomic E-state index is 3.87.